The average Bonchev–Trinajstić information content (AvgIpc) is 2.95. The topological polar surface area (TPSA) is 63.6 Å². The van der Waals surface area contributed by atoms with Gasteiger partial charge >= 0.3 is 11.9 Å². The lowest BCUT2D eigenvalue weighted by molar-refractivity contribution is -0.147. The van der Waals surface area contributed by atoms with Crippen LogP contribution in [0.2, 0.25) is 0 Å². The van der Waals surface area contributed by atoms with Crippen molar-refractivity contribution in [2.75, 3.05) is 0 Å². The zero-order valence-electron chi connectivity index (χ0n) is 27.1. The summed E-state index contributed by atoms with van der Waals surface area (Å²) in [5.41, 5.74) is 0. The van der Waals surface area contributed by atoms with Gasteiger partial charge in [0.15, 0.2) is 0 Å². The molecule has 0 aromatic carbocycles. The van der Waals surface area contributed by atoms with E-state index < -0.39 is 5.97 Å². The van der Waals surface area contributed by atoms with Gasteiger partial charge in [0.2, 0.25) is 0 Å². The predicted molar refractivity (Wildman–Crippen MR) is 176 cm³/mol. The van der Waals surface area contributed by atoms with Crippen molar-refractivity contribution >= 4 is 11.9 Å². The maximum absolute atomic E-state index is 12.5. The first kappa shape index (κ1) is 39.2. The fourth-order valence-electron chi connectivity index (χ4n) is 4.95. The molecule has 0 amide bonds. The number of esters is 1. The molecule has 0 heterocycles. The third kappa shape index (κ3) is 32.5. The van der Waals surface area contributed by atoms with Gasteiger partial charge in [-0.1, -0.05) is 128 Å². The van der Waals surface area contributed by atoms with E-state index in [0.29, 0.717) is 6.42 Å². The molecule has 0 saturated carbocycles. The normalized spacial score (nSPS) is 12.6. The second-order valence-electron chi connectivity index (χ2n) is 11.7. The Morgan fingerprint density at radius 3 is 1.63 bits per heavy atom. The highest BCUT2D eigenvalue weighted by Crippen LogP contribution is 2.15. The lowest BCUT2D eigenvalue weighted by atomic mass is 10.1. The Labute approximate surface area is 254 Å². The van der Waals surface area contributed by atoms with Gasteiger partial charge in [-0.25, -0.2) is 0 Å². The Hall–Kier alpha value is -1.84. The number of carbonyl (C=O) groups is 2. The van der Waals surface area contributed by atoms with Gasteiger partial charge in [0.05, 0.1) is 0 Å². The number of carboxylic acids is 1. The van der Waals surface area contributed by atoms with Gasteiger partial charge in [-0.2, -0.15) is 0 Å². The van der Waals surface area contributed by atoms with E-state index in [1.54, 1.807) is 0 Å². The number of carbonyl (C=O) groups excluding carboxylic acids is 1. The summed E-state index contributed by atoms with van der Waals surface area (Å²) in [6, 6.07) is 0. The molecule has 0 spiro atoms. The zero-order valence-corrected chi connectivity index (χ0v) is 27.1. The number of aliphatic carboxylic acids is 1. The van der Waals surface area contributed by atoms with Crippen LogP contribution in [0.3, 0.4) is 0 Å². The summed E-state index contributed by atoms with van der Waals surface area (Å²) in [6.45, 7) is 4.49. The van der Waals surface area contributed by atoms with Gasteiger partial charge in [-0.05, 0) is 76.7 Å². The summed E-state index contributed by atoms with van der Waals surface area (Å²) in [4.78, 5) is 23.2. The minimum atomic E-state index is -0.705. The van der Waals surface area contributed by atoms with Crippen LogP contribution in [0.4, 0.5) is 0 Å². The Morgan fingerprint density at radius 2 is 1.02 bits per heavy atom. The van der Waals surface area contributed by atoms with Crippen LogP contribution in [0.1, 0.15) is 181 Å². The molecule has 0 aromatic heterocycles. The Bertz CT molecular complexity index is 664. The molecular formula is C37H66O4. The first-order chi connectivity index (χ1) is 20.1. The molecular weight excluding hydrogens is 508 g/mol. The molecule has 0 aliphatic carbocycles. The van der Waals surface area contributed by atoms with Crippen molar-refractivity contribution in [3.63, 3.8) is 0 Å². The van der Waals surface area contributed by atoms with Crippen LogP contribution < -0.4 is 0 Å². The van der Waals surface area contributed by atoms with E-state index in [0.717, 1.165) is 70.6 Å². The number of hydrogen-bond donors (Lipinski definition) is 1. The molecule has 1 atom stereocenters. The van der Waals surface area contributed by atoms with Gasteiger partial charge in [0.25, 0.3) is 0 Å². The van der Waals surface area contributed by atoms with Gasteiger partial charge in [0, 0.05) is 12.8 Å². The van der Waals surface area contributed by atoms with E-state index in [9.17, 15) is 9.59 Å². The summed E-state index contributed by atoms with van der Waals surface area (Å²) in [7, 11) is 0. The minimum absolute atomic E-state index is 0.0645. The van der Waals surface area contributed by atoms with Gasteiger partial charge in [-0.15, -0.1) is 0 Å². The highest BCUT2D eigenvalue weighted by atomic mass is 16.5. The first-order valence-electron chi connectivity index (χ1n) is 17.5. The number of unbranched alkanes of at least 4 members (excludes halogenated alkanes) is 18. The van der Waals surface area contributed by atoms with Crippen LogP contribution in [-0.4, -0.2) is 23.1 Å². The average molecular weight is 575 g/mol. The molecule has 0 aliphatic rings. The SMILES string of the molecule is CCCCC/C=C\C/C=C\C(CCCCCCCCC(=O)O)OC(=O)CCCCCCC/C=C\CCCCCCC. The summed E-state index contributed by atoms with van der Waals surface area (Å²) < 4.78 is 5.87. The Morgan fingerprint density at radius 1 is 0.561 bits per heavy atom. The van der Waals surface area contributed by atoms with Crippen LogP contribution in [-0.2, 0) is 14.3 Å². The van der Waals surface area contributed by atoms with E-state index in [1.165, 1.54) is 83.5 Å². The summed E-state index contributed by atoms with van der Waals surface area (Å²) in [6.07, 6.45) is 41.7. The van der Waals surface area contributed by atoms with Gasteiger partial charge in [-0.3, -0.25) is 9.59 Å². The lowest BCUT2D eigenvalue weighted by Gasteiger charge is -2.14. The molecule has 4 nitrogen and oxygen atoms in total. The minimum Gasteiger partial charge on any atom is -0.481 e. The number of ether oxygens (including phenoxy) is 1. The third-order valence-electron chi connectivity index (χ3n) is 7.57. The van der Waals surface area contributed by atoms with Crippen molar-refractivity contribution in [2.24, 2.45) is 0 Å². The van der Waals surface area contributed by atoms with E-state index in [-0.39, 0.29) is 18.5 Å². The maximum atomic E-state index is 12.5. The molecule has 0 aliphatic heterocycles. The second-order valence-corrected chi connectivity index (χ2v) is 11.7. The molecule has 0 bridgehead atoms. The van der Waals surface area contributed by atoms with E-state index in [4.69, 9.17) is 9.84 Å². The summed E-state index contributed by atoms with van der Waals surface area (Å²) >= 11 is 0. The van der Waals surface area contributed by atoms with Crippen molar-refractivity contribution in [1.29, 1.82) is 0 Å². The third-order valence-corrected chi connectivity index (χ3v) is 7.57. The quantitative estimate of drug-likeness (QED) is 0.0508. The highest BCUT2D eigenvalue weighted by Gasteiger charge is 2.11. The number of allylic oxidation sites excluding steroid dienone is 5. The molecule has 238 valence electrons. The zero-order chi connectivity index (χ0) is 30.1. The van der Waals surface area contributed by atoms with Crippen LogP contribution in [0.5, 0.6) is 0 Å². The van der Waals surface area contributed by atoms with Crippen LogP contribution in [0.15, 0.2) is 36.5 Å². The smallest absolute Gasteiger partial charge is 0.306 e. The van der Waals surface area contributed by atoms with Crippen LogP contribution >= 0.6 is 0 Å². The van der Waals surface area contributed by atoms with Crippen LogP contribution in [0, 0.1) is 0 Å². The maximum Gasteiger partial charge on any atom is 0.306 e. The second kappa shape index (κ2) is 32.7. The van der Waals surface area contributed by atoms with Gasteiger partial charge < -0.3 is 9.84 Å². The monoisotopic (exact) mass is 574 g/mol. The fraction of sp³-hybridized carbons (Fsp3) is 0.784. The Kier molecular flexibility index (Phi) is 31.2. The highest BCUT2D eigenvalue weighted by molar-refractivity contribution is 5.69. The van der Waals surface area contributed by atoms with E-state index in [1.807, 2.05) is 0 Å². The van der Waals surface area contributed by atoms with Crippen LogP contribution in [0.25, 0.3) is 0 Å². The molecule has 0 rings (SSSR count). The number of carboxylic acid groups (broad SMARTS) is 1. The molecule has 0 fully saturated rings. The van der Waals surface area contributed by atoms with Crippen molar-refractivity contribution in [3.8, 4) is 0 Å². The number of rotatable bonds is 31. The molecule has 0 radical (unpaired) electrons. The largest absolute Gasteiger partial charge is 0.481 e. The first-order valence-corrected chi connectivity index (χ1v) is 17.5. The van der Waals surface area contributed by atoms with E-state index in [2.05, 4.69) is 50.3 Å². The van der Waals surface area contributed by atoms with E-state index >= 15 is 0 Å². The molecule has 0 aromatic rings. The van der Waals surface area contributed by atoms with Crippen molar-refractivity contribution < 1.29 is 19.4 Å². The molecule has 41 heavy (non-hydrogen) atoms. The fourth-order valence-corrected chi connectivity index (χ4v) is 4.95. The van der Waals surface area contributed by atoms with Crippen molar-refractivity contribution in [1.82, 2.24) is 0 Å². The van der Waals surface area contributed by atoms with Crippen molar-refractivity contribution in [3.05, 3.63) is 36.5 Å². The predicted octanol–water partition coefficient (Wildman–Crippen LogP) is 11.8. The standard InChI is InChI=1S/C37H66O4/c1-3-5-7-9-11-13-14-15-16-17-18-20-26-30-34-37(40)41-35(31-27-23-19-12-10-8-6-4-2)32-28-24-21-22-25-29-33-36(38)39/h12,14-15,19,27,31,35H,3-11,13,16-18,20-26,28-30,32-34H2,1-2H3,(H,38,39)/b15-14-,19-12-,31-27-. The van der Waals surface area contributed by atoms with Crippen molar-refractivity contribution in [2.45, 2.75) is 187 Å². The Balaban J connectivity index is 4.13. The summed E-state index contributed by atoms with van der Waals surface area (Å²) in [5.74, 6) is -0.769. The summed E-state index contributed by atoms with van der Waals surface area (Å²) in [5, 5.41) is 8.75. The molecule has 4 heteroatoms. The molecule has 0 saturated heterocycles. The number of hydrogen-bond acceptors (Lipinski definition) is 3. The van der Waals surface area contributed by atoms with Gasteiger partial charge in [0.1, 0.15) is 6.10 Å². The molecule has 1 unspecified atom stereocenters. The lowest BCUT2D eigenvalue weighted by Crippen LogP contribution is -2.16. The molecule has 1 N–H and O–H groups in total.